The molecule has 0 aliphatic heterocycles. The van der Waals surface area contributed by atoms with Crippen LogP contribution >= 0.6 is 8.00 Å². The third kappa shape index (κ3) is 13.2. The Morgan fingerprint density at radius 3 is 2.05 bits per heavy atom. The maximum Gasteiger partial charge on any atom is 0.408 e. The number of benzene rings is 4. The second-order valence-corrected chi connectivity index (χ2v) is 14.2. The van der Waals surface area contributed by atoms with Gasteiger partial charge < -0.3 is 35.3 Å². The van der Waals surface area contributed by atoms with E-state index >= 15 is 0 Å². The molecule has 0 aliphatic carbocycles. The summed E-state index contributed by atoms with van der Waals surface area (Å²) >= 11 is 0. The highest BCUT2D eigenvalue weighted by molar-refractivity contribution is 7.47. The van der Waals surface area contributed by atoms with Crippen molar-refractivity contribution in [3.8, 4) is 0 Å². The van der Waals surface area contributed by atoms with Crippen molar-refractivity contribution < 1.29 is 38.1 Å². The van der Waals surface area contributed by atoms with Crippen LogP contribution in [0.5, 0.6) is 0 Å². The first-order valence-electron chi connectivity index (χ1n) is 17.8. The maximum absolute atomic E-state index is 14.1. The lowest BCUT2D eigenvalue weighted by atomic mass is 9.98. The van der Waals surface area contributed by atoms with E-state index in [1.165, 1.54) is 12.5 Å². The van der Waals surface area contributed by atoms with Gasteiger partial charge in [0.25, 0.3) is 0 Å². The molecule has 2 unspecified atom stereocenters. The number of nitrogens with one attached hydrogen (secondary N) is 4. The SMILES string of the molecule is CC(C)C[C@@H](NC(=O)C(Cc1cnc[nH]1)NC(=O)[C@@H](Cc1cccc2ccccc12)NC(=O)OCc1ccccc1)O[P+]([O-])=CC(=O)OCc1ccccc1. The van der Waals surface area contributed by atoms with Crippen LogP contribution < -0.4 is 20.8 Å². The zero-order valence-electron chi connectivity index (χ0n) is 30.6. The normalized spacial score (nSPS) is 13.1. The Bertz CT molecular complexity index is 2040. The van der Waals surface area contributed by atoms with Crippen LogP contribution in [0.4, 0.5) is 4.79 Å². The highest BCUT2D eigenvalue weighted by Gasteiger charge is 2.31. The summed E-state index contributed by atoms with van der Waals surface area (Å²) in [6.07, 6.45) is 1.38. The number of imidazole rings is 1. The number of amides is 3. The largest absolute Gasteiger partial charge is 0.603 e. The molecular formula is C41H44N5O8P. The molecule has 0 saturated carbocycles. The molecule has 1 heterocycles. The van der Waals surface area contributed by atoms with Crippen molar-refractivity contribution in [1.29, 1.82) is 0 Å². The molecule has 5 aromatic rings. The van der Waals surface area contributed by atoms with Gasteiger partial charge in [0, 0.05) is 24.7 Å². The number of hydrogen-bond donors (Lipinski definition) is 4. The van der Waals surface area contributed by atoms with Crippen LogP contribution in [-0.2, 0) is 54.4 Å². The van der Waals surface area contributed by atoms with E-state index in [1.54, 1.807) is 24.3 Å². The first kappa shape index (κ1) is 40.3. The lowest BCUT2D eigenvalue weighted by Crippen LogP contribution is -2.56. The molecule has 4 N–H and O–H groups in total. The molecular weight excluding hydrogens is 721 g/mol. The molecule has 13 nitrogen and oxygen atoms in total. The predicted molar refractivity (Wildman–Crippen MR) is 207 cm³/mol. The summed E-state index contributed by atoms with van der Waals surface area (Å²) in [4.78, 5) is 73.5. The summed E-state index contributed by atoms with van der Waals surface area (Å²) in [5.41, 5.74) is 2.87. The minimum Gasteiger partial charge on any atom is -0.603 e. The first-order chi connectivity index (χ1) is 26.6. The summed E-state index contributed by atoms with van der Waals surface area (Å²) in [6.45, 7) is 3.75. The van der Waals surface area contributed by atoms with Gasteiger partial charge in [-0.05, 0) is 39.8 Å². The number of rotatable bonds is 18. The van der Waals surface area contributed by atoms with E-state index < -0.39 is 50.2 Å². The third-order valence-electron chi connectivity index (χ3n) is 8.39. The van der Waals surface area contributed by atoms with Crippen LogP contribution in [0.1, 0.15) is 42.7 Å². The van der Waals surface area contributed by atoms with Crippen LogP contribution in [0, 0.1) is 5.92 Å². The maximum atomic E-state index is 14.1. The molecule has 14 heteroatoms. The average molecular weight is 766 g/mol. The Kier molecular flexibility index (Phi) is 15.1. The fraction of sp³-hybridized carbons (Fsp3) is 0.268. The van der Waals surface area contributed by atoms with E-state index in [0.717, 1.165) is 33.3 Å². The number of ether oxygens (including phenoxy) is 2. The molecule has 4 atom stereocenters. The molecule has 0 saturated heterocycles. The summed E-state index contributed by atoms with van der Waals surface area (Å²) in [6, 6.07) is 29.2. The number of alkyl carbamates (subject to hydrolysis) is 1. The van der Waals surface area contributed by atoms with E-state index in [0.29, 0.717) is 5.69 Å². The van der Waals surface area contributed by atoms with Crippen LogP contribution in [0.3, 0.4) is 0 Å². The number of H-pyrrole nitrogens is 1. The van der Waals surface area contributed by atoms with Gasteiger partial charge in [-0.2, -0.15) is 4.52 Å². The molecule has 286 valence electrons. The Balaban J connectivity index is 1.32. The summed E-state index contributed by atoms with van der Waals surface area (Å²) < 4.78 is 16.3. The third-order valence-corrected chi connectivity index (χ3v) is 9.28. The van der Waals surface area contributed by atoms with Crippen molar-refractivity contribution in [2.24, 2.45) is 5.92 Å². The predicted octanol–water partition coefficient (Wildman–Crippen LogP) is 4.85. The van der Waals surface area contributed by atoms with Crippen LogP contribution in [0.25, 0.3) is 10.8 Å². The van der Waals surface area contributed by atoms with Crippen LogP contribution in [0.15, 0.2) is 116 Å². The van der Waals surface area contributed by atoms with Gasteiger partial charge in [-0.25, -0.2) is 14.6 Å². The van der Waals surface area contributed by atoms with Gasteiger partial charge in [0.15, 0.2) is 6.23 Å². The summed E-state index contributed by atoms with van der Waals surface area (Å²) in [5.74, 6) is -1.33. The molecule has 0 fully saturated rings. The highest BCUT2D eigenvalue weighted by atomic mass is 31.1. The Labute approximate surface area is 320 Å². The molecule has 5 rings (SSSR count). The number of aromatic nitrogens is 2. The molecule has 4 aromatic carbocycles. The summed E-state index contributed by atoms with van der Waals surface area (Å²) in [5, 5.41) is 10.1. The van der Waals surface area contributed by atoms with Crippen molar-refractivity contribution in [1.82, 2.24) is 25.9 Å². The van der Waals surface area contributed by atoms with Gasteiger partial charge in [0.1, 0.15) is 25.3 Å². The van der Waals surface area contributed by atoms with Gasteiger partial charge in [-0.1, -0.05) is 117 Å². The van der Waals surface area contributed by atoms with Crippen LogP contribution in [-0.4, -0.2) is 58.0 Å². The zero-order chi connectivity index (χ0) is 39.0. The van der Waals surface area contributed by atoms with Crippen molar-refractivity contribution >= 4 is 48.4 Å². The Morgan fingerprint density at radius 1 is 0.764 bits per heavy atom. The number of hydrogen-bond acceptors (Lipinski definition) is 9. The van der Waals surface area contributed by atoms with E-state index in [4.69, 9.17) is 14.0 Å². The van der Waals surface area contributed by atoms with Gasteiger partial charge in [-0.3, -0.25) is 9.59 Å². The van der Waals surface area contributed by atoms with Gasteiger partial charge in [0.2, 0.25) is 25.6 Å². The van der Waals surface area contributed by atoms with Crippen molar-refractivity contribution in [2.45, 2.75) is 64.6 Å². The fourth-order valence-electron chi connectivity index (χ4n) is 5.73. The molecule has 0 radical (unpaired) electrons. The highest BCUT2D eigenvalue weighted by Crippen LogP contribution is 2.21. The lowest BCUT2D eigenvalue weighted by Gasteiger charge is -2.25. The molecule has 55 heavy (non-hydrogen) atoms. The minimum atomic E-state index is -2.69. The number of aromatic amines is 1. The van der Waals surface area contributed by atoms with E-state index in [9.17, 15) is 24.1 Å². The van der Waals surface area contributed by atoms with Gasteiger partial charge >= 0.3 is 12.1 Å². The lowest BCUT2D eigenvalue weighted by molar-refractivity contribution is -0.177. The topological polar surface area (TPSA) is 184 Å². The Hall–Kier alpha value is -5.88. The fourth-order valence-corrected chi connectivity index (χ4v) is 6.43. The zero-order valence-corrected chi connectivity index (χ0v) is 31.4. The van der Waals surface area contributed by atoms with Crippen LogP contribution in [0.2, 0.25) is 0 Å². The Morgan fingerprint density at radius 2 is 1.38 bits per heavy atom. The number of nitrogens with zero attached hydrogens (tertiary/aromatic N) is 1. The first-order valence-corrected chi connectivity index (χ1v) is 19.1. The molecule has 1 aromatic heterocycles. The molecule has 0 aliphatic rings. The number of carbonyl (C=O) groups is 4. The van der Waals surface area contributed by atoms with E-state index in [1.807, 2.05) is 92.7 Å². The van der Waals surface area contributed by atoms with Gasteiger partial charge in [0.05, 0.1) is 6.33 Å². The van der Waals surface area contributed by atoms with Crippen molar-refractivity contribution in [3.63, 3.8) is 0 Å². The number of carbonyl (C=O) groups excluding carboxylic acids is 4. The second kappa shape index (κ2) is 20.5. The molecule has 0 spiro atoms. The van der Waals surface area contributed by atoms with Gasteiger partial charge in [-0.15, -0.1) is 0 Å². The number of esters is 1. The monoisotopic (exact) mass is 765 g/mol. The van der Waals surface area contributed by atoms with E-state index in [-0.39, 0.29) is 38.4 Å². The average Bonchev–Trinajstić information content (AvgIpc) is 3.69. The summed E-state index contributed by atoms with van der Waals surface area (Å²) in [7, 11) is -2.69. The number of fused-ring (bicyclic) bond motifs is 1. The van der Waals surface area contributed by atoms with E-state index in [2.05, 4.69) is 25.9 Å². The molecule has 0 bridgehead atoms. The smallest absolute Gasteiger partial charge is 0.408 e. The van der Waals surface area contributed by atoms with Crippen molar-refractivity contribution in [2.75, 3.05) is 0 Å². The standard InChI is InChI=1S/C41H44N5O8P/c1-28(2)20-37(54-55(51)26-38(47)52-24-29-12-5-3-6-13-29)46-40(49)36(22-33-23-42-27-43-33)44-39(48)35(45-41(50)53-25-30-14-7-4-8-15-30)21-32-18-11-17-31-16-9-10-19-34(31)32/h3-19,23,26-28,35-37H,20-22,24-25H2,1-2H3,(H,42,43)(H,44,48)(H,45,50)(H,46,49)/t35-,36?,37+/m1/s1. The quantitative estimate of drug-likeness (QED) is 0.0550. The van der Waals surface area contributed by atoms with Crippen molar-refractivity contribution in [3.05, 3.63) is 138 Å². The minimum absolute atomic E-state index is 0.00448. The molecule has 3 amide bonds. The second-order valence-electron chi connectivity index (χ2n) is 13.2.